The highest BCUT2D eigenvalue weighted by Crippen LogP contribution is 2.41. The van der Waals surface area contributed by atoms with Crippen molar-refractivity contribution in [2.45, 2.75) is 39.4 Å². The molecule has 2 aliphatic heterocycles. The Morgan fingerprint density at radius 3 is 1.60 bits per heavy atom. The molecule has 0 atom stereocenters. The van der Waals surface area contributed by atoms with Crippen LogP contribution >= 0.6 is 46.4 Å². The van der Waals surface area contributed by atoms with Gasteiger partial charge in [0.2, 0.25) is 41.4 Å². The third kappa shape index (κ3) is 13.9. The van der Waals surface area contributed by atoms with Gasteiger partial charge in [0.25, 0.3) is 5.91 Å². The number of esters is 1. The highest BCUT2D eigenvalue weighted by molar-refractivity contribution is 6.41. The quantitative estimate of drug-likeness (QED) is 0.0322. The lowest BCUT2D eigenvalue weighted by Crippen LogP contribution is -2.27. The number of oxazole rings is 3. The topological polar surface area (TPSA) is 375 Å². The van der Waals surface area contributed by atoms with E-state index >= 15 is 0 Å². The molecule has 422 valence electrons. The Balaban J connectivity index is 0.000000134. The van der Waals surface area contributed by atoms with Crippen molar-refractivity contribution in [3.05, 3.63) is 176 Å². The van der Waals surface area contributed by atoms with Crippen molar-refractivity contribution in [1.82, 2.24) is 54.8 Å². The van der Waals surface area contributed by atoms with Crippen LogP contribution in [-0.2, 0) is 51.6 Å². The zero-order valence-corrected chi connectivity index (χ0v) is 46.3. The number of nitrogens with zero attached hydrogens (tertiary/aromatic N) is 11. The largest absolute Gasteiger partial charge is 0.466 e. The van der Waals surface area contributed by atoms with E-state index in [-0.39, 0.29) is 76.2 Å². The second-order valence-corrected chi connectivity index (χ2v) is 18.7. The minimum atomic E-state index is -0.435. The number of nitrogen functional groups attached to an aromatic ring is 3. The molecule has 0 spiro atoms. The van der Waals surface area contributed by atoms with E-state index in [0.29, 0.717) is 87.1 Å². The number of hydrogen-bond donors (Lipinski definition) is 6. The zero-order chi connectivity index (χ0) is 58.7. The molecule has 0 aliphatic carbocycles. The summed E-state index contributed by atoms with van der Waals surface area (Å²) < 4.78 is 21.4. The molecule has 10 heterocycles. The Morgan fingerprint density at radius 2 is 1.10 bits per heavy atom. The van der Waals surface area contributed by atoms with Crippen molar-refractivity contribution >= 4 is 145 Å². The fraction of sp³-hybridized carbons (Fsp3) is 0.130. The number of fused-ring (bicyclic) bond motifs is 5. The summed E-state index contributed by atoms with van der Waals surface area (Å²) in [6.07, 6.45) is 6.05. The van der Waals surface area contributed by atoms with Gasteiger partial charge in [-0.3, -0.25) is 29.0 Å². The van der Waals surface area contributed by atoms with Crippen LogP contribution in [0.3, 0.4) is 0 Å². The van der Waals surface area contributed by atoms with Crippen molar-refractivity contribution < 1.29 is 37.2 Å². The summed E-state index contributed by atoms with van der Waals surface area (Å²) in [4.78, 5) is 91.6. The lowest BCUT2D eigenvalue weighted by molar-refractivity contribution is -0.142. The first-order valence-corrected chi connectivity index (χ1v) is 26.2. The van der Waals surface area contributed by atoms with Gasteiger partial charge >= 0.3 is 5.97 Å². The maximum absolute atomic E-state index is 13.2. The Labute approximate surface area is 489 Å². The van der Waals surface area contributed by atoms with Crippen molar-refractivity contribution in [1.29, 1.82) is 0 Å². The average molecular weight is 1200 g/mol. The molecule has 0 saturated carbocycles. The molecule has 0 bridgehead atoms. The predicted octanol–water partition coefficient (Wildman–Crippen LogP) is 8.80. The number of nitrogens with two attached hydrogens (primary N) is 4. The van der Waals surface area contributed by atoms with Gasteiger partial charge in [0.1, 0.15) is 56.1 Å². The van der Waals surface area contributed by atoms with Gasteiger partial charge in [-0.15, -0.1) is 0 Å². The highest BCUT2D eigenvalue weighted by Gasteiger charge is 2.38. The molecule has 2 aliphatic rings. The van der Waals surface area contributed by atoms with E-state index in [1.165, 1.54) is 9.80 Å². The molecule has 0 fully saturated rings. The molecular weight excluding hydrogens is 1160 g/mol. The van der Waals surface area contributed by atoms with Gasteiger partial charge in [-0.25, -0.2) is 34.9 Å². The SMILES string of the molecule is CCOC(=O)Cc1c(Cl)nc(N)nc1Cl.NCc1nc2ccccc2o1.Nc1nc(Cl)c2c(n1)N(Cc1nc3ccccc3o1)C(=O)/C2=C\c1ccc[nH]1.Nc1nc(Cl)c2c(n1)N(Cc1nc3ccccc3o1)C(=O)C2.O=Cc1ccc[nH]1. The maximum atomic E-state index is 13.2. The molecule has 8 aromatic heterocycles. The standard InChI is InChI=1S/C19H13ClN6O2.C14H10ClN5O2.C8H9Cl2N3O2.C8H8N2O.C5H5NO/c20-16-15-11(8-10-4-3-7-22-10)18(27)26(17(15)25-19(21)24-16)9-14-23-12-5-1-2-6-13(12)28-14;15-12-7-5-11(21)20(13(7)19-14(16)18-12)6-10-17-8-3-1-2-4-9(8)22-10;1-2-15-5(14)3-4-6(9)12-8(11)13-7(4)10;9-5-8-10-6-3-1-2-4-7(6)11-8;7-4-5-2-1-3-6-5/h1-8,22H,9H2,(H2,21,24,25);1-4H,5-6H2,(H2,16,18,19);2-3H2,1H3,(H2,11,12,13);1-4H,5,9H2;1-4,6H/b11-8-;;;;. The second kappa shape index (κ2) is 26.2. The van der Waals surface area contributed by atoms with Gasteiger partial charge in [-0.2, -0.15) is 9.97 Å². The van der Waals surface area contributed by atoms with Crippen LogP contribution in [0.2, 0.25) is 20.6 Å². The lowest BCUT2D eigenvalue weighted by Gasteiger charge is -2.14. The number of amides is 2. The summed E-state index contributed by atoms with van der Waals surface area (Å²) in [6, 6.07) is 29.6. The van der Waals surface area contributed by atoms with E-state index in [9.17, 15) is 19.2 Å². The molecule has 0 unspecified atom stereocenters. The van der Waals surface area contributed by atoms with Crippen LogP contribution in [-0.4, -0.2) is 85.5 Å². The van der Waals surface area contributed by atoms with E-state index < -0.39 is 5.97 Å². The van der Waals surface area contributed by atoms with Gasteiger partial charge in [0.05, 0.1) is 42.8 Å². The number of anilines is 5. The third-order valence-electron chi connectivity index (χ3n) is 11.7. The summed E-state index contributed by atoms with van der Waals surface area (Å²) in [5.41, 5.74) is 29.6. The number of halogens is 4. The smallest absolute Gasteiger partial charge is 0.310 e. The van der Waals surface area contributed by atoms with Crippen molar-refractivity contribution in [2.24, 2.45) is 5.73 Å². The number of aromatic amines is 2. The Morgan fingerprint density at radius 1 is 0.614 bits per heavy atom. The van der Waals surface area contributed by atoms with Gasteiger partial charge < -0.3 is 50.9 Å². The second-order valence-electron chi connectivity index (χ2n) is 17.3. The molecule has 29 heteroatoms. The monoisotopic (exact) mass is 1200 g/mol. The summed E-state index contributed by atoms with van der Waals surface area (Å²) >= 11 is 23.8. The van der Waals surface area contributed by atoms with Crippen molar-refractivity contribution in [3.8, 4) is 0 Å². The summed E-state index contributed by atoms with van der Waals surface area (Å²) in [5, 5.41) is 0.464. The van der Waals surface area contributed by atoms with Gasteiger partial charge in [0.15, 0.2) is 28.9 Å². The molecule has 2 amide bonds. The lowest BCUT2D eigenvalue weighted by atomic mass is 10.1. The number of rotatable bonds is 10. The Hall–Kier alpha value is -9.79. The number of hydrogen-bond acceptors (Lipinski definition) is 21. The number of carbonyl (C=O) groups is 4. The van der Waals surface area contributed by atoms with Crippen molar-refractivity contribution in [2.75, 3.05) is 33.6 Å². The number of aldehydes is 1. The van der Waals surface area contributed by atoms with Crippen LogP contribution in [0.1, 0.15) is 57.5 Å². The molecule has 13 rings (SSSR count). The minimum Gasteiger partial charge on any atom is -0.466 e. The van der Waals surface area contributed by atoms with E-state index in [2.05, 4.69) is 54.8 Å². The summed E-state index contributed by atoms with van der Waals surface area (Å²) in [6.45, 7) is 2.63. The summed E-state index contributed by atoms with van der Waals surface area (Å²) in [5.74, 6) is 1.28. The van der Waals surface area contributed by atoms with Crippen LogP contribution in [0, 0.1) is 0 Å². The van der Waals surface area contributed by atoms with E-state index in [1.807, 2.05) is 84.9 Å². The van der Waals surface area contributed by atoms with Crippen LogP contribution in [0.25, 0.3) is 44.9 Å². The number of para-hydroxylation sites is 6. The van der Waals surface area contributed by atoms with Crippen LogP contribution < -0.4 is 32.7 Å². The van der Waals surface area contributed by atoms with Crippen LogP contribution in [0.5, 0.6) is 0 Å². The van der Waals surface area contributed by atoms with Crippen LogP contribution in [0.4, 0.5) is 29.5 Å². The molecular formula is C54H45Cl4N17O8. The summed E-state index contributed by atoms with van der Waals surface area (Å²) in [7, 11) is 0. The molecule has 25 nitrogen and oxygen atoms in total. The van der Waals surface area contributed by atoms with E-state index in [0.717, 1.165) is 28.6 Å². The first-order valence-electron chi connectivity index (χ1n) is 24.7. The molecule has 83 heavy (non-hydrogen) atoms. The minimum absolute atomic E-state index is 0.0137. The molecule has 0 saturated heterocycles. The molecule has 10 N–H and O–H groups in total. The fourth-order valence-electron chi connectivity index (χ4n) is 8.07. The Kier molecular flexibility index (Phi) is 18.3. The number of ether oxygens (including phenoxy) is 1. The maximum Gasteiger partial charge on any atom is 0.310 e. The van der Waals surface area contributed by atoms with E-state index in [1.54, 1.807) is 37.5 Å². The van der Waals surface area contributed by atoms with Crippen molar-refractivity contribution in [3.63, 3.8) is 0 Å². The van der Waals surface area contributed by atoms with E-state index in [4.69, 9.17) is 87.3 Å². The number of aromatic nitrogens is 11. The zero-order valence-electron chi connectivity index (χ0n) is 43.3. The normalized spacial score (nSPS) is 12.7. The first kappa shape index (κ1) is 57.9. The number of nitrogens with one attached hydrogen (secondary N) is 2. The highest BCUT2D eigenvalue weighted by atomic mass is 35.5. The molecule has 0 radical (unpaired) electrons. The molecule has 3 aromatic carbocycles. The van der Waals surface area contributed by atoms with Gasteiger partial charge in [0, 0.05) is 29.2 Å². The van der Waals surface area contributed by atoms with Crippen LogP contribution in [0.15, 0.2) is 123 Å². The van der Waals surface area contributed by atoms with Gasteiger partial charge in [-0.1, -0.05) is 82.8 Å². The Bertz CT molecular complexity index is 4050. The fourth-order valence-corrected chi connectivity index (χ4v) is 9.11. The first-order chi connectivity index (χ1) is 40.1. The van der Waals surface area contributed by atoms with Gasteiger partial charge in [-0.05, 0) is 73.7 Å². The number of H-pyrrole nitrogens is 2. The number of carbonyl (C=O) groups excluding carboxylic acids is 4. The number of benzene rings is 3. The predicted molar refractivity (Wildman–Crippen MR) is 311 cm³/mol. The molecule has 11 aromatic rings. The third-order valence-corrected chi connectivity index (χ3v) is 12.9. The average Bonchev–Trinajstić information content (AvgIpc) is 4.55.